The van der Waals surface area contributed by atoms with Crippen molar-refractivity contribution in [1.82, 2.24) is 9.97 Å². The third-order valence-electron chi connectivity index (χ3n) is 2.66. The number of aliphatic hydroxyl groups is 1. The first-order valence-corrected chi connectivity index (χ1v) is 5.93. The van der Waals surface area contributed by atoms with E-state index in [2.05, 4.69) is 16.9 Å². The van der Waals surface area contributed by atoms with Crippen LogP contribution in [0.2, 0.25) is 0 Å². The molecule has 94 valence electrons. The highest BCUT2D eigenvalue weighted by Gasteiger charge is 2.07. The van der Waals surface area contributed by atoms with Crippen LogP contribution in [0.5, 0.6) is 11.6 Å². The molecule has 0 fully saturated rings. The minimum absolute atomic E-state index is 0.136. The molecule has 2 aromatic rings. The average molecular weight is 244 g/mol. The molecule has 0 saturated carbocycles. The van der Waals surface area contributed by atoms with E-state index in [9.17, 15) is 5.11 Å². The Morgan fingerprint density at radius 2 is 1.94 bits per heavy atom. The lowest BCUT2D eigenvalue weighted by molar-refractivity contribution is 0.274. The summed E-state index contributed by atoms with van der Waals surface area (Å²) in [5.41, 5.74) is 1.84. The van der Waals surface area contributed by atoms with Gasteiger partial charge in [0.2, 0.25) is 5.88 Å². The van der Waals surface area contributed by atoms with Gasteiger partial charge in [0.05, 0.1) is 12.2 Å². The zero-order valence-corrected chi connectivity index (χ0v) is 10.6. The minimum atomic E-state index is -0.136. The Balaban J connectivity index is 2.24. The van der Waals surface area contributed by atoms with Crippen molar-refractivity contribution in [1.29, 1.82) is 0 Å². The van der Waals surface area contributed by atoms with E-state index < -0.39 is 0 Å². The van der Waals surface area contributed by atoms with E-state index in [1.54, 1.807) is 13.1 Å². The van der Waals surface area contributed by atoms with Crippen LogP contribution < -0.4 is 4.74 Å². The summed E-state index contributed by atoms with van der Waals surface area (Å²) in [6.07, 6.45) is 2.58. The average Bonchev–Trinajstić information content (AvgIpc) is 2.40. The van der Waals surface area contributed by atoms with Gasteiger partial charge in [-0.15, -0.1) is 0 Å². The highest BCUT2D eigenvalue weighted by Crippen LogP contribution is 2.23. The van der Waals surface area contributed by atoms with Gasteiger partial charge in [-0.1, -0.05) is 19.1 Å². The molecule has 1 aromatic heterocycles. The number of hydrogen-bond donors (Lipinski definition) is 1. The molecule has 0 aliphatic heterocycles. The van der Waals surface area contributed by atoms with Crippen molar-refractivity contribution < 1.29 is 9.84 Å². The van der Waals surface area contributed by atoms with Crippen LogP contribution in [0.1, 0.15) is 23.9 Å². The standard InChI is InChI=1S/C14H16N2O2/c1-3-11-4-6-13(7-5-11)18-14-12(9-17)8-15-10(2)16-14/h4-8,17H,3,9H2,1-2H3. The molecule has 18 heavy (non-hydrogen) atoms. The third-order valence-corrected chi connectivity index (χ3v) is 2.66. The van der Waals surface area contributed by atoms with Crippen molar-refractivity contribution in [2.24, 2.45) is 0 Å². The van der Waals surface area contributed by atoms with Crippen LogP contribution in [0, 0.1) is 6.92 Å². The van der Waals surface area contributed by atoms with Gasteiger partial charge in [0.1, 0.15) is 11.6 Å². The first-order chi connectivity index (χ1) is 8.72. The van der Waals surface area contributed by atoms with Gasteiger partial charge < -0.3 is 9.84 Å². The molecule has 0 aliphatic rings. The summed E-state index contributed by atoms with van der Waals surface area (Å²) in [4.78, 5) is 8.22. The van der Waals surface area contributed by atoms with Gasteiger partial charge in [-0.2, -0.15) is 4.98 Å². The summed E-state index contributed by atoms with van der Waals surface area (Å²) in [6, 6.07) is 7.83. The monoisotopic (exact) mass is 244 g/mol. The van der Waals surface area contributed by atoms with E-state index in [0.29, 0.717) is 23.0 Å². The lowest BCUT2D eigenvalue weighted by Gasteiger charge is -2.09. The number of aryl methyl sites for hydroxylation is 2. The summed E-state index contributed by atoms with van der Waals surface area (Å²) < 4.78 is 5.67. The van der Waals surface area contributed by atoms with Gasteiger partial charge >= 0.3 is 0 Å². The SMILES string of the molecule is CCc1ccc(Oc2nc(C)ncc2CO)cc1. The van der Waals surface area contributed by atoms with Gasteiger partial charge in [-0.05, 0) is 31.0 Å². The minimum Gasteiger partial charge on any atom is -0.439 e. The van der Waals surface area contributed by atoms with E-state index in [0.717, 1.165) is 6.42 Å². The molecule has 1 heterocycles. The fourth-order valence-corrected chi connectivity index (χ4v) is 1.58. The fourth-order valence-electron chi connectivity index (χ4n) is 1.58. The normalized spacial score (nSPS) is 10.4. The Morgan fingerprint density at radius 1 is 1.22 bits per heavy atom. The molecule has 0 saturated heterocycles. The van der Waals surface area contributed by atoms with Crippen LogP contribution in [0.4, 0.5) is 0 Å². The number of ether oxygens (including phenoxy) is 1. The molecular formula is C14H16N2O2. The third kappa shape index (κ3) is 2.84. The van der Waals surface area contributed by atoms with Gasteiger partial charge in [0.25, 0.3) is 0 Å². The number of rotatable bonds is 4. The maximum absolute atomic E-state index is 9.21. The number of aromatic nitrogens is 2. The zero-order chi connectivity index (χ0) is 13.0. The van der Waals surface area contributed by atoms with Crippen molar-refractivity contribution in [3.63, 3.8) is 0 Å². The molecule has 2 rings (SSSR count). The second-order valence-corrected chi connectivity index (χ2v) is 4.01. The fraction of sp³-hybridized carbons (Fsp3) is 0.286. The molecule has 0 atom stereocenters. The maximum Gasteiger partial charge on any atom is 0.228 e. The molecular weight excluding hydrogens is 228 g/mol. The lowest BCUT2D eigenvalue weighted by Crippen LogP contribution is -1.98. The first kappa shape index (κ1) is 12.5. The maximum atomic E-state index is 9.21. The largest absolute Gasteiger partial charge is 0.439 e. The van der Waals surface area contributed by atoms with E-state index in [-0.39, 0.29) is 6.61 Å². The van der Waals surface area contributed by atoms with E-state index in [1.807, 2.05) is 24.3 Å². The molecule has 0 unspecified atom stereocenters. The molecule has 1 N–H and O–H groups in total. The molecule has 0 radical (unpaired) electrons. The Kier molecular flexibility index (Phi) is 3.89. The van der Waals surface area contributed by atoms with Gasteiger partial charge in [0, 0.05) is 6.20 Å². The highest BCUT2D eigenvalue weighted by molar-refractivity contribution is 5.33. The Hall–Kier alpha value is -1.94. The van der Waals surface area contributed by atoms with Gasteiger partial charge in [0.15, 0.2) is 0 Å². The summed E-state index contributed by atoms with van der Waals surface area (Å²) >= 11 is 0. The van der Waals surface area contributed by atoms with Crippen molar-refractivity contribution in [2.75, 3.05) is 0 Å². The summed E-state index contributed by atoms with van der Waals surface area (Å²) in [5.74, 6) is 1.74. The number of hydrogen-bond acceptors (Lipinski definition) is 4. The van der Waals surface area contributed by atoms with Crippen LogP contribution in [0.3, 0.4) is 0 Å². The predicted octanol–water partition coefficient (Wildman–Crippen LogP) is 2.63. The Labute approximate surface area is 106 Å². The molecule has 0 amide bonds. The van der Waals surface area contributed by atoms with Crippen molar-refractivity contribution in [3.8, 4) is 11.6 Å². The van der Waals surface area contributed by atoms with Crippen LogP contribution in [-0.4, -0.2) is 15.1 Å². The van der Waals surface area contributed by atoms with Crippen molar-refractivity contribution >= 4 is 0 Å². The van der Waals surface area contributed by atoms with Crippen LogP contribution in [0.25, 0.3) is 0 Å². The van der Waals surface area contributed by atoms with Crippen molar-refractivity contribution in [3.05, 3.63) is 47.4 Å². The predicted molar refractivity (Wildman–Crippen MR) is 68.6 cm³/mol. The molecule has 1 aromatic carbocycles. The first-order valence-electron chi connectivity index (χ1n) is 5.93. The van der Waals surface area contributed by atoms with E-state index >= 15 is 0 Å². The number of benzene rings is 1. The summed E-state index contributed by atoms with van der Waals surface area (Å²) in [7, 11) is 0. The molecule has 4 nitrogen and oxygen atoms in total. The highest BCUT2D eigenvalue weighted by atomic mass is 16.5. The molecule has 0 bridgehead atoms. The topological polar surface area (TPSA) is 55.2 Å². The van der Waals surface area contributed by atoms with Gasteiger partial charge in [-0.25, -0.2) is 4.98 Å². The van der Waals surface area contributed by atoms with Crippen LogP contribution in [0.15, 0.2) is 30.5 Å². The van der Waals surface area contributed by atoms with Crippen LogP contribution in [-0.2, 0) is 13.0 Å². The molecule has 0 aliphatic carbocycles. The van der Waals surface area contributed by atoms with Crippen LogP contribution >= 0.6 is 0 Å². The van der Waals surface area contributed by atoms with Gasteiger partial charge in [-0.3, -0.25) is 0 Å². The number of nitrogens with zero attached hydrogens (tertiary/aromatic N) is 2. The second kappa shape index (κ2) is 5.60. The van der Waals surface area contributed by atoms with E-state index in [1.165, 1.54) is 5.56 Å². The summed E-state index contributed by atoms with van der Waals surface area (Å²) in [5, 5.41) is 9.21. The second-order valence-electron chi connectivity index (χ2n) is 4.01. The summed E-state index contributed by atoms with van der Waals surface area (Å²) in [6.45, 7) is 3.75. The Morgan fingerprint density at radius 3 is 2.56 bits per heavy atom. The zero-order valence-electron chi connectivity index (χ0n) is 10.6. The lowest BCUT2D eigenvalue weighted by atomic mass is 10.2. The van der Waals surface area contributed by atoms with Crippen molar-refractivity contribution in [2.45, 2.75) is 26.9 Å². The molecule has 0 spiro atoms. The quantitative estimate of drug-likeness (QED) is 0.898. The molecule has 4 heteroatoms. The smallest absolute Gasteiger partial charge is 0.228 e. The number of aliphatic hydroxyl groups excluding tert-OH is 1. The van der Waals surface area contributed by atoms with E-state index in [4.69, 9.17) is 4.74 Å². The Bertz CT molecular complexity index is 524.